The van der Waals surface area contributed by atoms with E-state index >= 15 is 0 Å². The number of nitrogens with zero attached hydrogens (tertiary/aromatic N) is 1. The van der Waals surface area contributed by atoms with Gasteiger partial charge in [-0.3, -0.25) is 0 Å². The zero-order chi connectivity index (χ0) is 12.7. The first-order chi connectivity index (χ1) is 8.72. The molecule has 0 unspecified atom stereocenters. The monoisotopic (exact) mass is 266 g/mol. The second kappa shape index (κ2) is 4.37. The van der Waals surface area contributed by atoms with E-state index in [1.54, 1.807) is 12.1 Å². The van der Waals surface area contributed by atoms with Crippen molar-refractivity contribution < 1.29 is 9.13 Å². The number of nitrogens with one attached hydrogen (secondary N) is 1. The molecule has 1 aromatic carbocycles. The van der Waals surface area contributed by atoms with Crippen LogP contribution in [0.2, 0.25) is 5.02 Å². The molecular formula is C13H12ClFN2O. The van der Waals surface area contributed by atoms with Crippen LogP contribution in [0.5, 0.6) is 0 Å². The summed E-state index contributed by atoms with van der Waals surface area (Å²) in [5.41, 5.74) is 3.11. The maximum absolute atomic E-state index is 14.0. The number of aromatic nitrogens is 1. The minimum Gasteiger partial charge on any atom is -0.387 e. The standard InChI is InChI=1S/C13H12ClFN2O/c1-16-12-7-2-3-9(14)11(15)13(7)17-10-4-5-18-6-8(10)12/h2-3H,4-6H2,1H3,(H,16,17). The van der Waals surface area contributed by atoms with Gasteiger partial charge in [0.25, 0.3) is 0 Å². The van der Waals surface area contributed by atoms with Crippen molar-refractivity contribution in [2.45, 2.75) is 13.0 Å². The molecule has 2 aromatic rings. The fourth-order valence-electron chi connectivity index (χ4n) is 2.35. The fraction of sp³-hybridized carbons (Fsp3) is 0.308. The quantitative estimate of drug-likeness (QED) is 0.861. The molecule has 0 saturated carbocycles. The number of halogens is 2. The average Bonchev–Trinajstić information content (AvgIpc) is 2.41. The van der Waals surface area contributed by atoms with Crippen LogP contribution in [0.4, 0.5) is 10.1 Å². The third kappa shape index (κ3) is 1.64. The van der Waals surface area contributed by atoms with E-state index < -0.39 is 5.82 Å². The first-order valence-corrected chi connectivity index (χ1v) is 6.15. The Morgan fingerprint density at radius 1 is 1.44 bits per heavy atom. The van der Waals surface area contributed by atoms with Gasteiger partial charge in [-0.1, -0.05) is 11.6 Å². The third-order valence-electron chi connectivity index (χ3n) is 3.21. The van der Waals surface area contributed by atoms with E-state index in [-0.39, 0.29) is 5.02 Å². The molecule has 2 heterocycles. The van der Waals surface area contributed by atoms with E-state index in [1.807, 2.05) is 7.05 Å². The van der Waals surface area contributed by atoms with Crippen LogP contribution in [0, 0.1) is 5.82 Å². The molecule has 0 saturated heterocycles. The lowest BCUT2D eigenvalue weighted by atomic mass is 10.0. The van der Waals surface area contributed by atoms with Crippen molar-refractivity contribution in [2.75, 3.05) is 19.0 Å². The lowest BCUT2D eigenvalue weighted by Gasteiger charge is -2.21. The van der Waals surface area contributed by atoms with Gasteiger partial charge in [-0.25, -0.2) is 9.37 Å². The Balaban J connectivity index is 2.40. The van der Waals surface area contributed by atoms with Gasteiger partial charge in [-0.2, -0.15) is 0 Å². The minimum atomic E-state index is -0.458. The van der Waals surface area contributed by atoms with Crippen molar-refractivity contribution in [1.29, 1.82) is 0 Å². The Bertz CT molecular complexity index is 630. The molecule has 1 aromatic heterocycles. The number of pyridine rings is 1. The zero-order valence-electron chi connectivity index (χ0n) is 9.89. The molecular weight excluding hydrogens is 255 g/mol. The molecule has 3 rings (SSSR count). The van der Waals surface area contributed by atoms with E-state index in [2.05, 4.69) is 10.3 Å². The predicted molar refractivity (Wildman–Crippen MR) is 69.6 cm³/mol. The highest BCUT2D eigenvalue weighted by Crippen LogP contribution is 2.34. The summed E-state index contributed by atoms with van der Waals surface area (Å²) < 4.78 is 19.5. The molecule has 94 valence electrons. The Kier molecular flexibility index (Phi) is 2.84. The Morgan fingerprint density at radius 2 is 2.28 bits per heavy atom. The number of anilines is 1. The lowest BCUT2D eigenvalue weighted by Crippen LogP contribution is -2.14. The van der Waals surface area contributed by atoms with Crippen molar-refractivity contribution in [3.8, 4) is 0 Å². The molecule has 1 aliphatic heterocycles. The minimum absolute atomic E-state index is 0.101. The summed E-state index contributed by atoms with van der Waals surface area (Å²) in [5, 5.41) is 3.96. The second-order valence-corrected chi connectivity index (χ2v) is 4.63. The van der Waals surface area contributed by atoms with Gasteiger partial charge in [-0.15, -0.1) is 0 Å². The molecule has 0 aliphatic carbocycles. The van der Waals surface area contributed by atoms with Crippen LogP contribution in [0.3, 0.4) is 0 Å². The fourth-order valence-corrected chi connectivity index (χ4v) is 2.50. The first kappa shape index (κ1) is 11.7. The largest absolute Gasteiger partial charge is 0.387 e. The number of hydrogen-bond donors (Lipinski definition) is 1. The topological polar surface area (TPSA) is 34.2 Å². The number of hydrogen-bond acceptors (Lipinski definition) is 3. The number of benzene rings is 1. The molecule has 0 amide bonds. The maximum Gasteiger partial charge on any atom is 0.168 e. The molecule has 3 nitrogen and oxygen atoms in total. The van der Waals surface area contributed by atoms with Gasteiger partial charge in [0.2, 0.25) is 0 Å². The van der Waals surface area contributed by atoms with Gasteiger partial charge >= 0.3 is 0 Å². The molecule has 0 fully saturated rings. The zero-order valence-corrected chi connectivity index (χ0v) is 10.6. The Hall–Kier alpha value is -1.39. The molecule has 0 radical (unpaired) electrons. The van der Waals surface area contributed by atoms with Gasteiger partial charge in [0.1, 0.15) is 5.52 Å². The maximum atomic E-state index is 14.0. The van der Waals surface area contributed by atoms with E-state index in [1.165, 1.54) is 0 Å². The van der Waals surface area contributed by atoms with Crippen LogP contribution >= 0.6 is 11.6 Å². The molecule has 1 N–H and O–H groups in total. The van der Waals surface area contributed by atoms with E-state index in [0.717, 1.165) is 22.3 Å². The van der Waals surface area contributed by atoms with E-state index in [4.69, 9.17) is 16.3 Å². The summed E-state index contributed by atoms with van der Waals surface area (Å²) in [6.45, 7) is 1.13. The van der Waals surface area contributed by atoms with E-state index in [0.29, 0.717) is 25.2 Å². The molecule has 5 heteroatoms. The highest BCUT2D eigenvalue weighted by Gasteiger charge is 2.20. The lowest BCUT2D eigenvalue weighted by molar-refractivity contribution is 0.110. The molecule has 0 atom stereocenters. The SMILES string of the molecule is CNc1c2c(nc3c(F)c(Cl)ccc13)CCOC2. The van der Waals surface area contributed by atoms with Crippen LogP contribution in [0.15, 0.2) is 12.1 Å². The average molecular weight is 267 g/mol. The third-order valence-corrected chi connectivity index (χ3v) is 3.51. The molecule has 18 heavy (non-hydrogen) atoms. The summed E-state index contributed by atoms with van der Waals surface area (Å²) >= 11 is 5.81. The van der Waals surface area contributed by atoms with Gasteiger partial charge in [-0.05, 0) is 12.1 Å². The van der Waals surface area contributed by atoms with Gasteiger partial charge in [0.05, 0.1) is 29.6 Å². The first-order valence-electron chi connectivity index (χ1n) is 5.77. The van der Waals surface area contributed by atoms with Crippen LogP contribution in [0.25, 0.3) is 10.9 Å². The smallest absolute Gasteiger partial charge is 0.168 e. The van der Waals surface area contributed by atoms with E-state index in [9.17, 15) is 4.39 Å². The molecule has 0 spiro atoms. The molecule has 1 aliphatic rings. The van der Waals surface area contributed by atoms with Gasteiger partial charge < -0.3 is 10.1 Å². The van der Waals surface area contributed by atoms with Crippen molar-refractivity contribution in [2.24, 2.45) is 0 Å². The summed E-state index contributed by atoms with van der Waals surface area (Å²) in [6, 6.07) is 3.34. The van der Waals surface area contributed by atoms with Crippen molar-refractivity contribution in [3.05, 3.63) is 34.2 Å². The Morgan fingerprint density at radius 3 is 3.06 bits per heavy atom. The van der Waals surface area contributed by atoms with Crippen molar-refractivity contribution >= 4 is 28.2 Å². The predicted octanol–water partition coefficient (Wildman–Crippen LogP) is 3.14. The highest BCUT2D eigenvalue weighted by atomic mass is 35.5. The summed E-state index contributed by atoms with van der Waals surface area (Å²) in [5.74, 6) is -0.458. The van der Waals surface area contributed by atoms with Crippen molar-refractivity contribution in [3.63, 3.8) is 0 Å². The summed E-state index contributed by atoms with van der Waals surface area (Å²) in [4.78, 5) is 4.41. The van der Waals surface area contributed by atoms with Crippen LogP contribution in [-0.4, -0.2) is 18.6 Å². The van der Waals surface area contributed by atoms with Crippen LogP contribution < -0.4 is 5.32 Å². The summed E-state index contributed by atoms with van der Waals surface area (Å²) in [7, 11) is 1.82. The van der Waals surface area contributed by atoms with Crippen LogP contribution in [-0.2, 0) is 17.8 Å². The number of ether oxygens (including phenoxy) is 1. The second-order valence-electron chi connectivity index (χ2n) is 4.22. The van der Waals surface area contributed by atoms with Gasteiger partial charge in [0.15, 0.2) is 5.82 Å². The number of fused-ring (bicyclic) bond motifs is 2. The highest BCUT2D eigenvalue weighted by molar-refractivity contribution is 6.31. The normalized spacial score (nSPS) is 14.6. The van der Waals surface area contributed by atoms with Crippen LogP contribution in [0.1, 0.15) is 11.3 Å². The van der Waals surface area contributed by atoms with Crippen molar-refractivity contribution in [1.82, 2.24) is 4.98 Å². The molecule has 0 bridgehead atoms. The summed E-state index contributed by atoms with van der Waals surface area (Å²) in [6.07, 6.45) is 0.700. The Labute approximate surface area is 109 Å². The number of rotatable bonds is 1. The van der Waals surface area contributed by atoms with Gasteiger partial charge in [0, 0.05) is 24.4 Å².